The number of hydrogen-bond donors (Lipinski definition) is 2. The molecule has 0 amide bonds. The van der Waals surface area contributed by atoms with E-state index in [4.69, 9.17) is 0 Å². The third-order valence-electron chi connectivity index (χ3n) is 2.28. The third kappa shape index (κ3) is 1.51. The molecular weight excluding hydrogens is 204 g/mol. The molecule has 2 aromatic rings. The molecule has 6 heteroatoms. The first kappa shape index (κ1) is 8.93. The Kier molecular flexibility index (Phi) is 2.05. The molecule has 1 aromatic heterocycles. The number of para-hydroxylation sites is 1. The average Bonchev–Trinajstić information content (AvgIpc) is 3.01. The third-order valence-corrected chi connectivity index (χ3v) is 2.28. The summed E-state index contributed by atoms with van der Waals surface area (Å²) in [5, 5.41) is 9.85. The molecule has 0 radical (unpaired) electrons. The van der Waals surface area contributed by atoms with E-state index in [2.05, 4.69) is 21.3 Å². The molecule has 16 heavy (non-hydrogen) atoms. The molecule has 0 atom stereocenters. The zero-order chi connectivity index (χ0) is 10.8. The van der Waals surface area contributed by atoms with Crippen molar-refractivity contribution in [2.45, 2.75) is 0 Å². The summed E-state index contributed by atoms with van der Waals surface area (Å²) in [6.07, 6.45) is 5.33. The molecule has 1 aliphatic heterocycles. The number of hydrazone groups is 1. The van der Waals surface area contributed by atoms with Crippen molar-refractivity contribution in [1.82, 2.24) is 20.9 Å². The van der Waals surface area contributed by atoms with Crippen molar-refractivity contribution in [1.29, 1.82) is 0 Å². The van der Waals surface area contributed by atoms with Crippen LogP contribution < -0.4 is 16.1 Å². The topological polar surface area (TPSA) is 57.5 Å². The van der Waals surface area contributed by atoms with E-state index in [0.717, 1.165) is 11.4 Å². The predicted octanol–water partition coefficient (Wildman–Crippen LogP) is 0.645. The van der Waals surface area contributed by atoms with Crippen LogP contribution in [0.15, 0.2) is 47.8 Å². The van der Waals surface area contributed by atoms with Gasteiger partial charge in [-0.1, -0.05) is 18.2 Å². The maximum atomic E-state index is 4.28. The smallest absolute Gasteiger partial charge is 0.133 e. The van der Waals surface area contributed by atoms with Crippen molar-refractivity contribution in [2.75, 3.05) is 5.01 Å². The summed E-state index contributed by atoms with van der Waals surface area (Å²) in [6.45, 7) is 0. The summed E-state index contributed by atoms with van der Waals surface area (Å²) < 4.78 is 1.81. The molecule has 1 aromatic carbocycles. The van der Waals surface area contributed by atoms with Crippen LogP contribution in [-0.4, -0.2) is 16.1 Å². The van der Waals surface area contributed by atoms with Crippen molar-refractivity contribution in [3.05, 3.63) is 42.7 Å². The van der Waals surface area contributed by atoms with Gasteiger partial charge in [0, 0.05) is 0 Å². The number of anilines is 1. The maximum absolute atomic E-state index is 4.28. The summed E-state index contributed by atoms with van der Waals surface area (Å²) in [6, 6.07) is 9.94. The van der Waals surface area contributed by atoms with Crippen LogP contribution in [0.25, 0.3) is 5.69 Å². The Labute approximate surface area is 92.1 Å². The van der Waals surface area contributed by atoms with Crippen molar-refractivity contribution >= 4 is 12.0 Å². The highest BCUT2D eigenvalue weighted by atomic mass is 15.8. The zero-order valence-electron chi connectivity index (χ0n) is 8.41. The van der Waals surface area contributed by atoms with Crippen molar-refractivity contribution in [3.63, 3.8) is 0 Å². The van der Waals surface area contributed by atoms with E-state index in [1.165, 1.54) is 0 Å². The van der Waals surface area contributed by atoms with Crippen LogP contribution in [-0.2, 0) is 0 Å². The normalized spacial score (nSPS) is 14.1. The minimum absolute atomic E-state index is 0.914. The first-order chi connectivity index (χ1) is 7.93. The predicted molar refractivity (Wildman–Crippen MR) is 60.8 cm³/mol. The van der Waals surface area contributed by atoms with Gasteiger partial charge in [0.15, 0.2) is 0 Å². The number of rotatable bonds is 2. The second-order valence-corrected chi connectivity index (χ2v) is 3.32. The lowest BCUT2D eigenvalue weighted by Gasteiger charge is -2.09. The van der Waals surface area contributed by atoms with E-state index in [1.54, 1.807) is 17.5 Å². The fourth-order valence-corrected chi connectivity index (χ4v) is 1.49. The van der Waals surface area contributed by atoms with Crippen molar-refractivity contribution < 1.29 is 0 Å². The molecule has 0 aliphatic carbocycles. The SMILES string of the molecule is C1=NNNN1c1cnn(-c2ccccc2)c1. The standard InChI is InChI=1S/C10H10N6/c1-2-4-9(5-3-1)15-7-10(6-12-15)16-8-11-13-14-16/h1-8,13-14H. The molecule has 3 rings (SSSR count). The molecular formula is C10H10N6. The molecule has 0 fully saturated rings. The van der Waals surface area contributed by atoms with E-state index in [1.807, 2.05) is 41.2 Å². The van der Waals surface area contributed by atoms with Crippen LogP contribution in [0.3, 0.4) is 0 Å². The van der Waals surface area contributed by atoms with Crippen molar-refractivity contribution in [2.24, 2.45) is 5.10 Å². The Bertz CT molecular complexity index is 503. The van der Waals surface area contributed by atoms with E-state index < -0.39 is 0 Å². The monoisotopic (exact) mass is 214 g/mol. The van der Waals surface area contributed by atoms with Crippen LogP contribution >= 0.6 is 0 Å². The Morgan fingerprint density at radius 2 is 1.94 bits per heavy atom. The lowest BCUT2D eigenvalue weighted by molar-refractivity contribution is 0.623. The fourth-order valence-electron chi connectivity index (χ4n) is 1.49. The first-order valence-electron chi connectivity index (χ1n) is 4.87. The van der Waals surface area contributed by atoms with Gasteiger partial charge < -0.3 is 0 Å². The highest BCUT2D eigenvalue weighted by Crippen LogP contribution is 2.13. The van der Waals surface area contributed by atoms with Gasteiger partial charge in [-0.15, -0.1) is 5.53 Å². The Hall–Kier alpha value is -2.34. The summed E-state index contributed by atoms with van der Waals surface area (Å²) in [7, 11) is 0. The van der Waals surface area contributed by atoms with Crippen LogP contribution in [0.5, 0.6) is 0 Å². The lowest BCUT2D eigenvalue weighted by atomic mass is 10.3. The Morgan fingerprint density at radius 1 is 1.06 bits per heavy atom. The van der Waals surface area contributed by atoms with Crippen LogP contribution in [0.1, 0.15) is 0 Å². The van der Waals surface area contributed by atoms with Crippen LogP contribution in [0, 0.1) is 0 Å². The molecule has 1 aliphatic rings. The van der Waals surface area contributed by atoms with E-state index in [0.29, 0.717) is 0 Å². The molecule has 0 saturated carbocycles. The molecule has 2 N–H and O–H groups in total. The molecule has 80 valence electrons. The van der Waals surface area contributed by atoms with E-state index in [-0.39, 0.29) is 0 Å². The molecule has 0 spiro atoms. The molecule has 0 bridgehead atoms. The highest BCUT2D eigenvalue weighted by Gasteiger charge is 2.09. The molecule has 0 unspecified atom stereocenters. The Morgan fingerprint density at radius 3 is 2.69 bits per heavy atom. The summed E-state index contributed by atoms with van der Waals surface area (Å²) in [5.74, 6) is 0. The molecule has 2 heterocycles. The van der Waals surface area contributed by atoms with Gasteiger partial charge in [-0.05, 0) is 12.1 Å². The van der Waals surface area contributed by atoms with Gasteiger partial charge in [-0.3, -0.25) is 0 Å². The van der Waals surface area contributed by atoms with Crippen LogP contribution in [0.2, 0.25) is 0 Å². The van der Waals surface area contributed by atoms with Gasteiger partial charge in [0.1, 0.15) is 6.34 Å². The number of benzene rings is 1. The van der Waals surface area contributed by atoms with Gasteiger partial charge in [0.2, 0.25) is 0 Å². The largest absolute Gasteiger partial charge is 0.242 e. The van der Waals surface area contributed by atoms with E-state index >= 15 is 0 Å². The summed E-state index contributed by atoms with van der Waals surface area (Å²) in [5.41, 5.74) is 7.41. The summed E-state index contributed by atoms with van der Waals surface area (Å²) >= 11 is 0. The van der Waals surface area contributed by atoms with E-state index in [9.17, 15) is 0 Å². The van der Waals surface area contributed by atoms with Gasteiger partial charge in [0.05, 0.1) is 23.8 Å². The lowest BCUT2D eigenvalue weighted by Crippen LogP contribution is -2.36. The quantitative estimate of drug-likeness (QED) is 0.770. The van der Waals surface area contributed by atoms with Gasteiger partial charge >= 0.3 is 0 Å². The van der Waals surface area contributed by atoms with Gasteiger partial charge in [-0.25, -0.2) is 15.2 Å². The fraction of sp³-hybridized carbons (Fsp3) is 0. The average molecular weight is 214 g/mol. The number of nitrogens with zero attached hydrogens (tertiary/aromatic N) is 4. The zero-order valence-corrected chi connectivity index (χ0v) is 8.41. The maximum Gasteiger partial charge on any atom is 0.133 e. The second-order valence-electron chi connectivity index (χ2n) is 3.32. The van der Waals surface area contributed by atoms with Gasteiger partial charge in [0.25, 0.3) is 0 Å². The minimum Gasteiger partial charge on any atom is -0.242 e. The number of aromatic nitrogens is 2. The second kappa shape index (κ2) is 3.67. The van der Waals surface area contributed by atoms with Crippen molar-refractivity contribution in [3.8, 4) is 5.69 Å². The minimum atomic E-state index is 0.914. The molecule has 6 nitrogen and oxygen atoms in total. The number of hydrogen-bond acceptors (Lipinski definition) is 5. The Balaban J connectivity index is 1.90. The number of nitrogens with one attached hydrogen (secondary N) is 2. The van der Waals surface area contributed by atoms with Crippen LogP contribution in [0.4, 0.5) is 5.69 Å². The first-order valence-corrected chi connectivity index (χ1v) is 4.87. The summed E-state index contributed by atoms with van der Waals surface area (Å²) in [4.78, 5) is 0. The molecule has 0 saturated heterocycles. The van der Waals surface area contributed by atoms with Gasteiger partial charge in [-0.2, -0.15) is 10.2 Å². The highest BCUT2D eigenvalue weighted by molar-refractivity contribution is 5.78. The number of hydrazine groups is 2.